The maximum absolute atomic E-state index is 14.3. The summed E-state index contributed by atoms with van der Waals surface area (Å²) in [5, 5.41) is 54.4. The highest BCUT2D eigenvalue weighted by Crippen LogP contribution is 2.15. The number of carboxylic acid groups (broad SMARTS) is 1. The lowest BCUT2D eigenvalue weighted by Gasteiger charge is -2.27. The SMILES string of the molecule is C[C@@H](O)[C@H](NC(=O)[C@@H]1CCC(=O)NC[C@H](NC(=O)CNC(=O)[C@@H](N)CCCCNC(=O)CCCCCCCCCCCCCCCCC(=O)O)C(=O)N[C@@H](CCCN=C(N)N)C(=O)N[C@@H](Cc2ccccc2)C(=O)NCC(=O)N[C@@H]([C@@H](C)O)C(=O)N1)C(=O)CN. The van der Waals surface area contributed by atoms with Crippen molar-refractivity contribution in [2.45, 2.75) is 222 Å². The molecule has 1 aliphatic rings. The van der Waals surface area contributed by atoms with Crippen LogP contribution in [-0.2, 0) is 64.0 Å². The minimum absolute atomic E-state index is 0.0149. The van der Waals surface area contributed by atoms with Crippen LogP contribution in [0.1, 0.15) is 167 Å². The normalized spacial score (nSPS) is 19.4. The number of amides is 10. The van der Waals surface area contributed by atoms with Crippen LogP contribution < -0.4 is 76.1 Å². The predicted molar refractivity (Wildman–Crippen MR) is 334 cm³/mol. The quantitative estimate of drug-likeness (QED) is 0.0186. The van der Waals surface area contributed by atoms with Crippen LogP contribution in [0.15, 0.2) is 35.3 Å². The first-order valence-corrected chi connectivity index (χ1v) is 31.5. The first kappa shape index (κ1) is 78.3. The van der Waals surface area contributed by atoms with Crippen LogP contribution in [0.5, 0.6) is 0 Å². The number of carbonyl (C=O) groups excluding carboxylic acids is 11. The van der Waals surface area contributed by atoms with Gasteiger partial charge >= 0.3 is 5.97 Å². The summed E-state index contributed by atoms with van der Waals surface area (Å²) >= 11 is 0. The number of benzene rings is 1. The van der Waals surface area contributed by atoms with Crippen LogP contribution in [0.25, 0.3) is 0 Å². The number of guanidine groups is 1. The number of aliphatic carboxylic acids is 1. The molecule has 0 unspecified atom stereocenters. The molecule has 1 aromatic carbocycles. The van der Waals surface area contributed by atoms with Gasteiger partial charge in [0.25, 0.3) is 0 Å². The van der Waals surface area contributed by atoms with Gasteiger partial charge in [0.05, 0.1) is 37.9 Å². The van der Waals surface area contributed by atoms with E-state index in [4.69, 9.17) is 28.0 Å². The number of Topliss-reactive ketones (excluding diaryl/α,β-unsaturated/α-hetero) is 1. The highest BCUT2D eigenvalue weighted by molar-refractivity contribution is 5.98. The Kier molecular flexibility index (Phi) is 39.5. The molecule has 0 bridgehead atoms. The van der Waals surface area contributed by atoms with Crippen molar-refractivity contribution >= 4 is 76.8 Å². The average Bonchev–Trinajstić information content (AvgIpc) is 2.48. The zero-order valence-electron chi connectivity index (χ0n) is 52.3. The van der Waals surface area contributed by atoms with Gasteiger partial charge in [0.2, 0.25) is 59.1 Å². The van der Waals surface area contributed by atoms with E-state index >= 15 is 0 Å². The lowest BCUT2D eigenvalue weighted by atomic mass is 10.0. The number of rotatable bonds is 38. The van der Waals surface area contributed by atoms with Crippen LogP contribution in [0.3, 0.4) is 0 Å². The second kappa shape index (κ2) is 45.4. The molecule has 506 valence electrons. The molecule has 10 amide bonds. The number of aliphatic imine (C=N–C) groups is 1. The van der Waals surface area contributed by atoms with Crippen molar-refractivity contribution in [3.05, 3.63) is 35.9 Å². The second-order valence-electron chi connectivity index (χ2n) is 22.7. The number of carbonyl (C=O) groups is 12. The summed E-state index contributed by atoms with van der Waals surface area (Å²) in [4.78, 5) is 163. The predicted octanol–water partition coefficient (Wildman–Crippen LogP) is -2.44. The molecule has 1 fully saturated rings. The number of hydrogen-bond acceptors (Lipinski definition) is 17. The highest BCUT2D eigenvalue weighted by atomic mass is 16.4. The van der Waals surface area contributed by atoms with Gasteiger partial charge in [0.1, 0.15) is 36.3 Å². The molecule has 1 aliphatic heterocycles. The van der Waals surface area contributed by atoms with Crippen LogP contribution in [0.2, 0.25) is 0 Å². The zero-order valence-corrected chi connectivity index (χ0v) is 52.3. The lowest BCUT2D eigenvalue weighted by molar-refractivity contribution is -0.137. The molecule has 2 rings (SSSR count). The molecule has 1 heterocycles. The van der Waals surface area contributed by atoms with Crippen molar-refractivity contribution in [1.29, 1.82) is 0 Å². The fraction of sp³-hybridized carbons (Fsp3) is 0.683. The minimum atomic E-state index is -1.78. The van der Waals surface area contributed by atoms with E-state index in [1.165, 1.54) is 45.4 Å². The van der Waals surface area contributed by atoms with Gasteiger partial charge in [-0.25, -0.2) is 0 Å². The van der Waals surface area contributed by atoms with E-state index in [9.17, 15) is 67.7 Å². The number of hydrogen-bond donors (Lipinski definition) is 17. The zero-order chi connectivity index (χ0) is 66.8. The summed E-state index contributed by atoms with van der Waals surface area (Å²) in [6.45, 7) is -0.0894. The molecule has 0 spiro atoms. The number of nitrogens with two attached hydrogens (primary N) is 4. The molecular weight excluding hydrogens is 1170 g/mol. The van der Waals surface area contributed by atoms with Crippen LogP contribution >= 0.6 is 0 Å². The van der Waals surface area contributed by atoms with E-state index in [1.807, 2.05) is 0 Å². The molecule has 0 saturated carbocycles. The Labute approximate surface area is 526 Å². The smallest absolute Gasteiger partial charge is 0.303 e. The Morgan fingerprint density at radius 2 is 1.27 bits per heavy atom. The van der Waals surface area contributed by atoms with Crippen LogP contribution in [0.4, 0.5) is 0 Å². The Morgan fingerprint density at radius 3 is 1.84 bits per heavy atom. The minimum Gasteiger partial charge on any atom is -0.481 e. The Bertz CT molecular complexity index is 2470. The van der Waals surface area contributed by atoms with Crippen molar-refractivity contribution in [3.8, 4) is 0 Å². The molecule has 30 heteroatoms. The molecule has 1 saturated heterocycles. The van der Waals surface area contributed by atoms with Crippen molar-refractivity contribution in [1.82, 2.24) is 53.2 Å². The Hall–Kier alpha value is -7.83. The third-order valence-electron chi connectivity index (χ3n) is 14.8. The van der Waals surface area contributed by atoms with E-state index < -0.39 is 158 Å². The topological polar surface area (TPSA) is 502 Å². The van der Waals surface area contributed by atoms with Gasteiger partial charge in [-0.2, -0.15) is 0 Å². The van der Waals surface area contributed by atoms with E-state index in [-0.39, 0.29) is 50.5 Å². The van der Waals surface area contributed by atoms with Crippen molar-refractivity contribution in [3.63, 3.8) is 0 Å². The number of aliphatic hydroxyl groups is 2. The van der Waals surface area contributed by atoms with Crippen LogP contribution in [-0.4, -0.2) is 186 Å². The summed E-state index contributed by atoms with van der Waals surface area (Å²) in [7, 11) is 0. The molecule has 9 atom stereocenters. The number of nitrogens with zero attached hydrogens (tertiary/aromatic N) is 1. The number of unbranched alkanes of at least 4 members (excludes halogenated alkanes) is 14. The highest BCUT2D eigenvalue weighted by Gasteiger charge is 2.35. The largest absolute Gasteiger partial charge is 0.481 e. The first-order chi connectivity index (χ1) is 42.9. The van der Waals surface area contributed by atoms with E-state index in [1.54, 1.807) is 30.3 Å². The fourth-order valence-corrected chi connectivity index (χ4v) is 9.63. The van der Waals surface area contributed by atoms with E-state index in [0.717, 1.165) is 58.3 Å². The van der Waals surface area contributed by atoms with Crippen LogP contribution in [0, 0.1) is 0 Å². The molecule has 0 radical (unpaired) electrons. The van der Waals surface area contributed by atoms with Gasteiger partial charge in [0.15, 0.2) is 11.7 Å². The molecule has 90 heavy (non-hydrogen) atoms. The molecular formula is C60H101N15O15. The van der Waals surface area contributed by atoms with Crippen molar-refractivity contribution < 1.29 is 72.9 Å². The first-order valence-electron chi connectivity index (χ1n) is 31.5. The second-order valence-corrected chi connectivity index (χ2v) is 22.7. The molecule has 0 aromatic heterocycles. The maximum atomic E-state index is 14.3. The third kappa shape index (κ3) is 34.8. The molecule has 0 aliphatic carbocycles. The summed E-state index contributed by atoms with van der Waals surface area (Å²) < 4.78 is 0. The average molecular weight is 1270 g/mol. The van der Waals surface area contributed by atoms with Gasteiger partial charge in [-0.1, -0.05) is 107 Å². The van der Waals surface area contributed by atoms with Gasteiger partial charge in [-0.05, 0) is 70.8 Å². The summed E-state index contributed by atoms with van der Waals surface area (Å²) in [5.74, 6) is -10.5. The van der Waals surface area contributed by atoms with Crippen molar-refractivity contribution in [2.24, 2.45) is 27.9 Å². The molecule has 30 nitrogen and oxygen atoms in total. The fourth-order valence-electron chi connectivity index (χ4n) is 9.63. The van der Waals surface area contributed by atoms with Gasteiger partial charge in [-0.3, -0.25) is 62.5 Å². The van der Waals surface area contributed by atoms with Gasteiger partial charge in [-0.15, -0.1) is 0 Å². The molecule has 21 N–H and O–H groups in total. The van der Waals surface area contributed by atoms with Gasteiger partial charge < -0.3 is 91.4 Å². The molecule has 1 aromatic rings. The van der Waals surface area contributed by atoms with E-state index in [0.29, 0.717) is 31.4 Å². The third-order valence-corrected chi connectivity index (χ3v) is 14.8. The summed E-state index contributed by atoms with van der Waals surface area (Å²) in [5.41, 5.74) is 23.2. The van der Waals surface area contributed by atoms with Gasteiger partial charge in [0, 0.05) is 45.3 Å². The lowest BCUT2D eigenvalue weighted by Crippen LogP contribution is -2.60. The number of aliphatic hydroxyl groups excluding tert-OH is 2. The number of ketones is 1. The monoisotopic (exact) mass is 1270 g/mol. The number of carboxylic acids is 1. The van der Waals surface area contributed by atoms with E-state index in [2.05, 4.69) is 58.2 Å². The summed E-state index contributed by atoms with van der Waals surface area (Å²) in [6.07, 6.45) is 12.5. The maximum Gasteiger partial charge on any atom is 0.303 e. The Balaban J connectivity index is 2.19. The van der Waals surface area contributed by atoms with Crippen molar-refractivity contribution in [2.75, 3.05) is 39.3 Å². The standard InChI is InChI=1S/C60H101N15O15/c1-38(76)52(46(78)34-61)75-57(88)43-29-30-48(80)67-35-45(70-49(81)36-68-54(85)41(62)25-20-21-31-65-47(79)27-18-13-11-9-7-5-3-4-6-8-10-12-14-19-28-51(83)84)58(89)71-42(26-22-32-66-60(63)64)56(87)73-44(33-40-23-16-15-17-24-40)55(86)69-37-50(82)74-53(39(2)77)59(90)72-43/h15-17,23-24,38-39,41-45,52-53,76-77H,3-14,18-22,25-37,61-62H2,1-2H3,(H,65,79)(H,67,80)(H,68,85)(H,69,86)(H,70,81)(H,71,89)(H,72,90)(H,73,87)(H,74,82)(H,75,88)(H,83,84)(H4,63,64,66)/t38-,39-,41+,42+,43+,44+,45+,52+,53+/m1/s1. The Morgan fingerprint density at radius 1 is 0.667 bits per heavy atom. The number of nitrogens with one attached hydrogen (secondary N) is 10. The summed E-state index contributed by atoms with van der Waals surface area (Å²) in [6, 6.07) is -2.29.